The molecule has 0 saturated heterocycles. The van der Waals surface area contributed by atoms with E-state index in [-0.39, 0.29) is 41.7 Å². The molecule has 10 nitrogen and oxygen atoms in total. The Morgan fingerprint density at radius 2 is 1.91 bits per heavy atom. The molecule has 0 spiro atoms. The standard InChI is InChI=1S/C21H22N4O6S/c1-32(29,30)16-7-8-17(18(13-16)25(27)28)22-11-12-23-20(26)9-10-21-24-14-19(31-21)15-5-3-2-4-6-15/h2-8,13-14,22H,9-12H2,1H3,(H,23,26). The van der Waals surface area contributed by atoms with Gasteiger partial charge in [0.05, 0.1) is 16.0 Å². The second kappa shape index (κ2) is 10.1. The van der Waals surface area contributed by atoms with Crippen LogP contribution in [0.25, 0.3) is 11.3 Å². The van der Waals surface area contributed by atoms with E-state index in [1.165, 1.54) is 12.1 Å². The summed E-state index contributed by atoms with van der Waals surface area (Å²) < 4.78 is 28.8. The van der Waals surface area contributed by atoms with Gasteiger partial charge in [-0.1, -0.05) is 30.3 Å². The number of aromatic nitrogens is 1. The molecule has 1 heterocycles. The maximum Gasteiger partial charge on any atom is 0.293 e. The summed E-state index contributed by atoms with van der Waals surface area (Å²) in [6, 6.07) is 13.2. The Morgan fingerprint density at radius 3 is 2.59 bits per heavy atom. The lowest BCUT2D eigenvalue weighted by atomic mass is 10.2. The molecule has 0 aliphatic heterocycles. The summed E-state index contributed by atoms with van der Waals surface area (Å²) in [5.74, 6) is 0.876. The molecule has 0 saturated carbocycles. The molecule has 0 aliphatic rings. The van der Waals surface area contributed by atoms with Gasteiger partial charge in [-0.2, -0.15) is 0 Å². The van der Waals surface area contributed by atoms with Crippen molar-refractivity contribution in [2.24, 2.45) is 0 Å². The van der Waals surface area contributed by atoms with Crippen LogP contribution in [0.3, 0.4) is 0 Å². The number of oxazole rings is 1. The van der Waals surface area contributed by atoms with E-state index in [9.17, 15) is 23.3 Å². The number of hydrogen-bond acceptors (Lipinski definition) is 8. The third-order valence-electron chi connectivity index (χ3n) is 4.53. The second-order valence-corrected chi connectivity index (χ2v) is 8.98. The highest BCUT2D eigenvalue weighted by Crippen LogP contribution is 2.27. The van der Waals surface area contributed by atoms with Gasteiger partial charge in [0, 0.05) is 43.8 Å². The van der Waals surface area contributed by atoms with Crippen molar-refractivity contribution in [3.63, 3.8) is 0 Å². The molecule has 0 unspecified atom stereocenters. The Bertz CT molecular complexity index is 1210. The number of sulfone groups is 1. The molecule has 0 radical (unpaired) electrons. The molecule has 3 rings (SSSR count). The van der Waals surface area contributed by atoms with Crippen molar-refractivity contribution in [3.8, 4) is 11.3 Å². The molecule has 3 aromatic rings. The molecule has 11 heteroatoms. The van der Waals surface area contributed by atoms with E-state index < -0.39 is 14.8 Å². The number of aryl methyl sites for hydroxylation is 1. The number of anilines is 1. The Balaban J connectivity index is 1.46. The SMILES string of the molecule is CS(=O)(=O)c1ccc(NCCNC(=O)CCc2ncc(-c3ccccc3)o2)c([N+](=O)[O-])c1. The molecule has 0 bridgehead atoms. The van der Waals surface area contributed by atoms with Crippen molar-refractivity contribution >= 4 is 27.1 Å². The average Bonchev–Trinajstić information content (AvgIpc) is 3.24. The van der Waals surface area contributed by atoms with Gasteiger partial charge >= 0.3 is 0 Å². The van der Waals surface area contributed by atoms with Crippen LogP contribution in [-0.2, 0) is 21.1 Å². The number of nitrogens with zero attached hydrogens (tertiary/aromatic N) is 2. The van der Waals surface area contributed by atoms with Crippen molar-refractivity contribution in [2.45, 2.75) is 17.7 Å². The first kappa shape index (κ1) is 22.9. The van der Waals surface area contributed by atoms with E-state index in [0.29, 0.717) is 18.1 Å². The maximum absolute atomic E-state index is 12.1. The minimum Gasteiger partial charge on any atom is -0.441 e. The number of amides is 1. The molecule has 2 aromatic carbocycles. The summed E-state index contributed by atoms with van der Waals surface area (Å²) >= 11 is 0. The summed E-state index contributed by atoms with van der Waals surface area (Å²) in [5, 5.41) is 16.8. The highest BCUT2D eigenvalue weighted by atomic mass is 32.2. The van der Waals surface area contributed by atoms with Gasteiger partial charge in [0.15, 0.2) is 21.5 Å². The number of nitrogens with one attached hydrogen (secondary N) is 2. The highest BCUT2D eigenvalue weighted by Gasteiger charge is 2.18. The van der Waals surface area contributed by atoms with Crippen molar-refractivity contribution in [1.82, 2.24) is 10.3 Å². The largest absolute Gasteiger partial charge is 0.441 e. The summed E-state index contributed by atoms with van der Waals surface area (Å²) in [5.41, 5.74) is 0.725. The van der Waals surface area contributed by atoms with Crippen molar-refractivity contribution in [1.29, 1.82) is 0 Å². The van der Waals surface area contributed by atoms with Gasteiger partial charge < -0.3 is 15.1 Å². The van der Waals surface area contributed by atoms with Crippen molar-refractivity contribution < 1.29 is 22.6 Å². The van der Waals surface area contributed by atoms with Gasteiger partial charge in [0.1, 0.15) is 5.69 Å². The average molecular weight is 458 g/mol. The van der Waals surface area contributed by atoms with Gasteiger partial charge in [0.25, 0.3) is 5.69 Å². The molecular weight excluding hydrogens is 436 g/mol. The number of nitro groups is 1. The number of carbonyl (C=O) groups excluding carboxylic acids is 1. The van der Waals surface area contributed by atoms with Crippen molar-refractivity contribution in [2.75, 3.05) is 24.7 Å². The first-order valence-electron chi connectivity index (χ1n) is 9.73. The molecule has 1 amide bonds. The number of nitro benzene ring substituents is 1. The molecule has 32 heavy (non-hydrogen) atoms. The van der Waals surface area contributed by atoms with E-state index in [0.717, 1.165) is 17.9 Å². The topological polar surface area (TPSA) is 144 Å². The van der Waals surface area contributed by atoms with Crippen LogP contribution in [0.15, 0.2) is 64.0 Å². The number of carbonyl (C=O) groups is 1. The molecule has 0 atom stereocenters. The van der Waals surface area contributed by atoms with Crippen molar-refractivity contribution in [3.05, 3.63) is 70.7 Å². The summed E-state index contributed by atoms with van der Waals surface area (Å²) in [4.78, 5) is 26.7. The minimum absolute atomic E-state index is 0.134. The van der Waals surface area contributed by atoms with Gasteiger partial charge in [-0.15, -0.1) is 0 Å². The minimum atomic E-state index is -3.56. The number of benzene rings is 2. The predicted octanol–water partition coefficient (Wildman–Crippen LogP) is 2.81. The quantitative estimate of drug-likeness (QED) is 0.268. The van der Waals surface area contributed by atoms with Gasteiger partial charge in [-0.25, -0.2) is 13.4 Å². The summed E-state index contributed by atoms with van der Waals surface area (Å²) in [6.07, 6.45) is 3.12. The molecule has 0 aliphatic carbocycles. The lowest BCUT2D eigenvalue weighted by Gasteiger charge is -2.09. The monoisotopic (exact) mass is 458 g/mol. The zero-order valence-corrected chi connectivity index (χ0v) is 18.1. The van der Waals surface area contributed by atoms with Gasteiger partial charge in [-0.3, -0.25) is 14.9 Å². The van der Waals surface area contributed by atoms with Gasteiger partial charge in [0.2, 0.25) is 5.91 Å². The Morgan fingerprint density at radius 1 is 1.16 bits per heavy atom. The zero-order chi connectivity index (χ0) is 23.1. The lowest BCUT2D eigenvalue weighted by molar-refractivity contribution is -0.384. The summed E-state index contributed by atoms with van der Waals surface area (Å²) in [7, 11) is -3.56. The van der Waals surface area contributed by atoms with E-state index >= 15 is 0 Å². The van der Waals surface area contributed by atoms with Crippen LogP contribution in [0.4, 0.5) is 11.4 Å². The normalized spacial score (nSPS) is 11.2. The third kappa shape index (κ3) is 6.14. The number of hydrogen-bond donors (Lipinski definition) is 2. The Labute approximate surface area is 184 Å². The first-order valence-corrected chi connectivity index (χ1v) is 11.6. The molecular formula is C21H22N4O6S. The smallest absolute Gasteiger partial charge is 0.293 e. The lowest BCUT2D eigenvalue weighted by Crippen LogP contribution is -2.29. The van der Waals surface area contributed by atoms with E-state index in [2.05, 4.69) is 15.6 Å². The molecule has 168 valence electrons. The zero-order valence-electron chi connectivity index (χ0n) is 17.3. The van der Waals surface area contributed by atoms with Crippen LogP contribution < -0.4 is 10.6 Å². The van der Waals surface area contributed by atoms with Crippen LogP contribution in [-0.4, -0.2) is 43.6 Å². The van der Waals surface area contributed by atoms with E-state index in [1.807, 2.05) is 30.3 Å². The fourth-order valence-corrected chi connectivity index (χ4v) is 3.55. The van der Waals surface area contributed by atoms with Crippen LogP contribution in [0.1, 0.15) is 12.3 Å². The molecule has 1 aromatic heterocycles. The summed E-state index contributed by atoms with van der Waals surface area (Å²) in [6.45, 7) is 0.451. The number of rotatable bonds is 10. The fraction of sp³-hybridized carbons (Fsp3) is 0.238. The highest BCUT2D eigenvalue weighted by molar-refractivity contribution is 7.90. The Kier molecular flexibility index (Phi) is 7.21. The third-order valence-corrected chi connectivity index (χ3v) is 5.64. The van der Waals surface area contributed by atoms with Gasteiger partial charge in [-0.05, 0) is 12.1 Å². The molecule has 2 N–H and O–H groups in total. The first-order chi connectivity index (χ1) is 15.2. The fourth-order valence-electron chi connectivity index (χ4n) is 2.91. The Hall–Kier alpha value is -3.73. The maximum atomic E-state index is 12.1. The van der Waals surface area contributed by atoms with E-state index in [4.69, 9.17) is 4.42 Å². The van der Waals surface area contributed by atoms with E-state index in [1.54, 1.807) is 6.20 Å². The predicted molar refractivity (Wildman–Crippen MR) is 118 cm³/mol. The van der Waals surface area contributed by atoms with Crippen LogP contribution >= 0.6 is 0 Å². The second-order valence-electron chi connectivity index (χ2n) is 6.97. The molecule has 0 fully saturated rings. The van der Waals surface area contributed by atoms with Crippen LogP contribution in [0, 0.1) is 10.1 Å². The van der Waals surface area contributed by atoms with Crippen LogP contribution in [0.2, 0.25) is 0 Å². The van der Waals surface area contributed by atoms with Crippen LogP contribution in [0.5, 0.6) is 0 Å².